The molecule has 0 saturated heterocycles. The predicted molar refractivity (Wildman–Crippen MR) is 112 cm³/mol. The molecule has 29 heavy (non-hydrogen) atoms. The number of aromatic nitrogens is 4. The van der Waals surface area contributed by atoms with Crippen LogP contribution in [-0.4, -0.2) is 25.7 Å². The summed E-state index contributed by atoms with van der Waals surface area (Å²) in [7, 11) is 0. The Bertz CT molecular complexity index is 920. The second-order valence-electron chi connectivity index (χ2n) is 8.88. The Morgan fingerprint density at radius 3 is 2.66 bits per heavy atom. The molecule has 2 aromatic rings. The lowest BCUT2D eigenvalue weighted by atomic mass is 9.86. The van der Waals surface area contributed by atoms with Gasteiger partial charge in [-0.25, -0.2) is 4.98 Å². The third-order valence-electron chi connectivity index (χ3n) is 6.04. The van der Waals surface area contributed by atoms with Gasteiger partial charge in [0.25, 0.3) is 5.56 Å². The highest BCUT2D eigenvalue weighted by Crippen LogP contribution is 2.40. The molecule has 0 radical (unpaired) electrons. The Kier molecular flexibility index (Phi) is 5.83. The number of amides is 1. The zero-order valence-corrected chi connectivity index (χ0v) is 17.4. The number of hydrogen-bond donors (Lipinski definition) is 2. The highest BCUT2D eigenvalue weighted by molar-refractivity contribution is 5.90. The summed E-state index contributed by atoms with van der Waals surface area (Å²) in [5.41, 5.74) is 1.45. The topological polar surface area (TPSA) is 92.7 Å². The van der Waals surface area contributed by atoms with Crippen LogP contribution < -0.4 is 10.9 Å². The van der Waals surface area contributed by atoms with Crippen molar-refractivity contribution in [3.05, 3.63) is 33.9 Å². The highest BCUT2D eigenvalue weighted by atomic mass is 16.1. The van der Waals surface area contributed by atoms with Gasteiger partial charge in [0.05, 0.1) is 11.4 Å². The van der Waals surface area contributed by atoms with Crippen LogP contribution >= 0.6 is 0 Å². The smallest absolute Gasteiger partial charge is 0.252 e. The average Bonchev–Trinajstić information content (AvgIpc) is 3.47. The molecule has 2 aliphatic carbocycles. The van der Waals surface area contributed by atoms with E-state index in [9.17, 15) is 9.59 Å². The van der Waals surface area contributed by atoms with Gasteiger partial charge >= 0.3 is 0 Å². The standard InChI is InChI=1S/C22H31N5O2/c1-14(2)17-13-21(29)25-22(23-17)27-19(12-18(26-27)16-9-10-16)24-20(28)11-8-15-6-4-3-5-7-15/h12-16H,3-11H2,1-2H3,(H,24,28)(H,23,25,29). The van der Waals surface area contributed by atoms with Gasteiger partial charge in [0.15, 0.2) is 0 Å². The molecule has 2 aliphatic rings. The number of carbonyl (C=O) groups is 1. The van der Waals surface area contributed by atoms with Crippen molar-refractivity contribution in [2.45, 2.75) is 83.5 Å². The lowest BCUT2D eigenvalue weighted by Gasteiger charge is -2.21. The van der Waals surface area contributed by atoms with Crippen molar-refractivity contribution in [3.8, 4) is 5.95 Å². The van der Waals surface area contributed by atoms with E-state index in [1.165, 1.54) is 38.2 Å². The zero-order valence-electron chi connectivity index (χ0n) is 17.4. The monoisotopic (exact) mass is 397 g/mol. The summed E-state index contributed by atoms with van der Waals surface area (Å²) in [6, 6.07) is 3.44. The van der Waals surface area contributed by atoms with Gasteiger partial charge in [0.2, 0.25) is 11.9 Å². The molecule has 2 aromatic heterocycles. The summed E-state index contributed by atoms with van der Waals surface area (Å²) in [6.07, 6.45) is 10.1. The van der Waals surface area contributed by atoms with Crippen molar-refractivity contribution in [1.29, 1.82) is 0 Å². The summed E-state index contributed by atoms with van der Waals surface area (Å²) in [4.78, 5) is 32.1. The number of rotatable bonds is 7. The molecule has 0 unspecified atom stereocenters. The first-order chi connectivity index (χ1) is 14.0. The fourth-order valence-electron chi connectivity index (χ4n) is 4.10. The molecule has 7 nitrogen and oxygen atoms in total. The van der Waals surface area contributed by atoms with Crippen molar-refractivity contribution >= 4 is 11.7 Å². The molecule has 0 aliphatic heterocycles. The summed E-state index contributed by atoms with van der Waals surface area (Å²) in [5, 5.41) is 7.68. The molecular formula is C22H31N5O2. The van der Waals surface area contributed by atoms with E-state index in [1.54, 1.807) is 4.68 Å². The van der Waals surface area contributed by atoms with Crippen LogP contribution in [0, 0.1) is 5.92 Å². The molecule has 1 amide bonds. The van der Waals surface area contributed by atoms with Gasteiger partial charge in [-0.05, 0) is 31.1 Å². The minimum atomic E-state index is -0.211. The van der Waals surface area contributed by atoms with Crippen molar-refractivity contribution < 1.29 is 4.79 Å². The van der Waals surface area contributed by atoms with E-state index < -0.39 is 0 Å². The van der Waals surface area contributed by atoms with Crippen LogP contribution in [0.4, 0.5) is 5.82 Å². The zero-order chi connectivity index (χ0) is 20.4. The van der Waals surface area contributed by atoms with Crippen LogP contribution in [0.15, 0.2) is 16.9 Å². The Balaban J connectivity index is 1.53. The highest BCUT2D eigenvalue weighted by Gasteiger charge is 2.28. The minimum absolute atomic E-state index is 0.00133. The average molecular weight is 398 g/mol. The SMILES string of the molecule is CC(C)c1cc(=O)[nH]c(-n2nc(C3CC3)cc2NC(=O)CCC2CCCCC2)n1. The number of aromatic amines is 1. The van der Waals surface area contributed by atoms with Crippen molar-refractivity contribution in [3.63, 3.8) is 0 Å². The predicted octanol–water partition coefficient (Wildman–Crippen LogP) is 4.26. The first-order valence-electron chi connectivity index (χ1n) is 11.0. The molecule has 0 aromatic carbocycles. The summed E-state index contributed by atoms with van der Waals surface area (Å²) in [6.45, 7) is 4.00. The van der Waals surface area contributed by atoms with Gasteiger partial charge in [-0.2, -0.15) is 9.78 Å². The largest absolute Gasteiger partial charge is 0.310 e. The lowest BCUT2D eigenvalue weighted by molar-refractivity contribution is -0.116. The maximum Gasteiger partial charge on any atom is 0.252 e. The molecule has 2 heterocycles. The summed E-state index contributed by atoms with van der Waals surface area (Å²) < 4.78 is 1.58. The van der Waals surface area contributed by atoms with Crippen LogP contribution in [0.25, 0.3) is 5.95 Å². The second kappa shape index (κ2) is 8.51. The van der Waals surface area contributed by atoms with E-state index in [-0.39, 0.29) is 17.4 Å². The molecule has 0 spiro atoms. The maximum atomic E-state index is 12.6. The van der Waals surface area contributed by atoms with Crippen molar-refractivity contribution in [2.75, 3.05) is 5.32 Å². The molecule has 0 atom stereocenters. The van der Waals surface area contributed by atoms with E-state index in [0.29, 0.717) is 35.7 Å². The molecule has 156 valence electrons. The Morgan fingerprint density at radius 2 is 1.97 bits per heavy atom. The second-order valence-corrected chi connectivity index (χ2v) is 8.88. The number of nitrogens with one attached hydrogen (secondary N) is 2. The van der Waals surface area contributed by atoms with Crippen LogP contribution in [0.1, 0.15) is 94.9 Å². The Labute approximate surface area is 171 Å². The van der Waals surface area contributed by atoms with Crippen LogP contribution in [0.5, 0.6) is 0 Å². The third-order valence-corrected chi connectivity index (χ3v) is 6.04. The molecule has 2 N–H and O–H groups in total. The van der Waals surface area contributed by atoms with Gasteiger partial charge in [0, 0.05) is 24.5 Å². The maximum absolute atomic E-state index is 12.6. The van der Waals surface area contributed by atoms with Gasteiger partial charge in [0.1, 0.15) is 5.82 Å². The first kappa shape index (κ1) is 19.9. The van der Waals surface area contributed by atoms with Gasteiger partial charge in [-0.1, -0.05) is 46.0 Å². The van der Waals surface area contributed by atoms with Gasteiger partial charge < -0.3 is 5.32 Å². The van der Waals surface area contributed by atoms with E-state index in [4.69, 9.17) is 0 Å². The van der Waals surface area contributed by atoms with E-state index in [2.05, 4.69) is 20.4 Å². The Hall–Kier alpha value is -2.44. The molecular weight excluding hydrogens is 366 g/mol. The van der Waals surface area contributed by atoms with E-state index >= 15 is 0 Å². The fourth-order valence-corrected chi connectivity index (χ4v) is 4.10. The molecule has 4 rings (SSSR count). The van der Waals surface area contributed by atoms with Gasteiger partial charge in [-0.3, -0.25) is 14.6 Å². The fraction of sp³-hybridized carbons (Fsp3) is 0.636. The third kappa shape index (κ3) is 4.95. The number of nitrogens with zero attached hydrogens (tertiary/aromatic N) is 3. The Morgan fingerprint density at radius 1 is 1.21 bits per heavy atom. The lowest BCUT2D eigenvalue weighted by Crippen LogP contribution is -2.20. The van der Waals surface area contributed by atoms with Crippen LogP contribution in [-0.2, 0) is 4.79 Å². The summed E-state index contributed by atoms with van der Waals surface area (Å²) >= 11 is 0. The normalized spacial score (nSPS) is 17.6. The number of anilines is 1. The van der Waals surface area contributed by atoms with Crippen molar-refractivity contribution in [1.82, 2.24) is 19.7 Å². The molecule has 7 heteroatoms. The van der Waals surface area contributed by atoms with Crippen LogP contribution in [0.2, 0.25) is 0 Å². The molecule has 0 bridgehead atoms. The molecule has 2 fully saturated rings. The molecule has 2 saturated carbocycles. The first-order valence-corrected chi connectivity index (χ1v) is 11.0. The summed E-state index contributed by atoms with van der Waals surface area (Å²) in [5.74, 6) is 2.18. The quantitative estimate of drug-likeness (QED) is 0.730. The number of carbonyl (C=O) groups excluding carboxylic acids is 1. The van der Waals surface area contributed by atoms with Crippen molar-refractivity contribution in [2.24, 2.45) is 5.92 Å². The van der Waals surface area contributed by atoms with Crippen LogP contribution in [0.3, 0.4) is 0 Å². The van der Waals surface area contributed by atoms with Gasteiger partial charge in [-0.15, -0.1) is 0 Å². The number of hydrogen-bond acceptors (Lipinski definition) is 4. The number of H-pyrrole nitrogens is 1. The minimum Gasteiger partial charge on any atom is -0.310 e. The van der Waals surface area contributed by atoms with E-state index in [0.717, 1.165) is 25.0 Å². The van der Waals surface area contributed by atoms with E-state index in [1.807, 2.05) is 19.9 Å².